The minimum Gasteiger partial charge on any atom is -0.381 e. The van der Waals surface area contributed by atoms with Gasteiger partial charge in [-0.25, -0.2) is 0 Å². The molecule has 0 aliphatic carbocycles. The molecular weight excluding hydrogens is 176 g/mol. The number of rotatable bonds is 1. The molecule has 2 rings (SSSR count). The molecule has 0 amide bonds. The van der Waals surface area contributed by atoms with Gasteiger partial charge in [-0.05, 0) is 38.6 Å². The molecule has 0 aromatic carbocycles. The molecule has 1 atom stereocenters. The quantitative estimate of drug-likeness (QED) is 0.635. The van der Waals surface area contributed by atoms with Crippen LogP contribution in [0, 0.1) is 11.3 Å². The lowest BCUT2D eigenvalue weighted by Gasteiger charge is -2.39. The average molecular weight is 194 g/mol. The SMILES string of the molecule is N#CC1CCCCN1C1CCOCC1. The molecule has 0 radical (unpaired) electrons. The van der Waals surface area contributed by atoms with E-state index in [9.17, 15) is 0 Å². The minimum atomic E-state index is 0.173. The Bertz CT molecular complexity index is 218. The lowest BCUT2D eigenvalue weighted by Crippen LogP contribution is -2.47. The molecule has 2 saturated heterocycles. The van der Waals surface area contributed by atoms with E-state index in [0.717, 1.165) is 39.0 Å². The van der Waals surface area contributed by atoms with Crippen LogP contribution in [-0.4, -0.2) is 36.7 Å². The van der Waals surface area contributed by atoms with E-state index in [1.165, 1.54) is 12.8 Å². The Morgan fingerprint density at radius 2 is 1.93 bits per heavy atom. The Kier molecular flexibility index (Phi) is 3.39. The van der Waals surface area contributed by atoms with E-state index in [-0.39, 0.29) is 6.04 Å². The van der Waals surface area contributed by atoms with Gasteiger partial charge in [0.2, 0.25) is 0 Å². The zero-order valence-corrected chi connectivity index (χ0v) is 8.61. The zero-order chi connectivity index (χ0) is 9.80. The third kappa shape index (κ3) is 2.08. The second-order valence-electron chi connectivity index (χ2n) is 4.22. The first-order valence-electron chi connectivity index (χ1n) is 5.65. The predicted molar refractivity (Wildman–Crippen MR) is 53.8 cm³/mol. The van der Waals surface area contributed by atoms with Crippen molar-refractivity contribution in [2.24, 2.45) is 0 Å². The van der Waals surface area contributed by atoms with Crippen molar-refractivity contribution >= 4 is 0 Å². The molecule has 2 heterocycles. The van der Waals surface area contributed by atoms with Gasteiger partial charge in [0.1, 0.15) is 0 Å². The maximum atomic E-state index is 9.07. The van der Waals surface area contributed by atoms with Gasteiger partial charge < -0.3 is 4.74 Å². The van der Waals surface area contributed by atoms with E-state index in [0.29, 0.717) is 6.04 Å². The Morgan fingerprint density at radius 3 is 2.64 bits per heavy atom. The van der Waals surface area contributed by atoms with Gasteiger partial charge in [-0.1, -0.05) is 0 Å². The molecule has 2 aliphatic rings. The average Bonchev–Trinajstić information content (AvgIpc) is 2.30. The minimum absolute atomic E-state index is 0.173. The molecule has 78 valence electrons. The van der Waals surface area contributed by atoms with Gasteiger partial charge in [-0.15, -0.1) is 0 Å². The van der Waals surface area contributed by atoms with E-state index in [2.05, 4.69) is 11.0 Å². The molecule has 14 heavy (non-hydrogen) atoms. The van der Waals surface area contributed by atoms with Crippen LogP contribution in [-0.2, 0) is 4.74 Å². The standard InChI is InChI=1S/C11H18N2O/c12-9-11-3-1-2-6-13(11)10-4-7-14-8-5-10/h10-11H,1-8H2. The lowest BCUT2D eigenvalue weighted by molar-refractivity contribution is 0.0158. The van der Waals surface area contributed by atoms with Gasteiger partial charge in [0.15, 0.2) is 0 Å². The number of hydrogen-bond donors (Lipinski definition) is 0. The molecule has 3 heteroatoms. The van der Waals surface area contributed by atoms with Crippen LogP contribution in [0.2, 0.25) is 0 Å². The summed E-state index contributed by atoms with van der Waals surface area (Å²) in [6.45, 7) is 2.86. The molecule has 0 bridgehead atoms. The van der Waals surface area contributed by atoms with Gasteiger partial charge in [-0.3, -0.25) is 4.90 Å². The Labute approximate surface area is 85.6 Å². The summed E-state index contributed by atoms with van der Waals surface area (Å²) >= 11 is 0. The summed E-state index contributed by atoms with van der Waals surface area (Å²) in [5.41, 5.74) is 0. The molecule has 1 unspecified atom stereocenters. The van der Waals surface area contributed by atoms with E-state index in [1.54, 1.807) is 0 Å². The van der Waals surface area contributed by atoms with Gasteiger partial charge >= 0.3 is 0 Å². The second-order valence-corrected chi connectivity index (χ2v) is 4.22. The number of nitriles is 1. The van der Waals surface area contributed by atoms with Crippen molar-refractivity contribution in [2.45, 2.75) is 44.2 Å². The third-order valence-corrected chi connectivity index (χ3v) is 3.35. The fourth-order valence-corrected chi connectivity index (χ4v) is 2.55. The molecule has 2 aliphatic heterocycles. The summed E-state index contributed by atoms with van der Waals surface area (Å²) < 4.78 is 5.35. The van der Waals surface area contributed by atoms with Crippen LogP contribution in [0.4, 0.5) is 0 Å². The Hall–Kier alpha value is -0.590. The van der Waals surface area contributed by atoms with E-state index < -0.39 is 0 Å². The highest BCUT2D eigenvalue weighted by Gasteiger charge is 2.29. The Balaban J connectivity index is 1.95. The molecule has 0 saturated carbocycles. The topological polar surface area (TPSA) is 36.3 Å². The van der Waals surface area contributed by atoms with Crippen LogP contribution in [0.25, 0.3) is 0 Å². The summed E-state index contributed by atoms with van der Waals surface area (Å²) in [6, 6.07) is 3.21. The van der Waals surface area contributed by atoms with Crippen molar-refractivity contribution in [3.05, 3.63) is 0 Å². The highest BCUT2D eigenvalue weighted by atomic mass is 16.5. The van der Waals surface area contributed by atoms with Gasteiger partial charge in [0.25, 0.3) is 0 Å². The van der Waals surface area contributed by atoms with Crippen LogP contribution >= 0.6 is 0 Å². The Morgan fingerprint density at radius 1 is 1.14 bits per heavy atom. The van der Waals surface area contributed by atoms with Crippen molar-refractivity contribution in [2.75, 3.05) is 19.8 Å². The molecule has 0 aromatic rings. The number of ether oxygens (including phenoxy) is 1. The van der Waals surface area contributed by atoms with Gasteiger partial charge in [-0.2, -0.15) is 5.26 Å². The lowest BCUT2D eigenvalue weighted by atomic mass is 9.97. The third-order valence-electron chi connectivity index (χ3n) is 3.35. The van der Waals surface area contributed by atoms with Crippen molar-refractivity contribution < 1.29 is 4.74 Å². The van der Waals surface area contributed by atoms with Gasteiger partial charge in [0, 0.05) is 19.3 Å². The first-order chi connectivity index (χ1) is 6.92. The van der Waals surface area contributed by atoms with Crippen LogP contribution in [0.5, 0.6) is 0 Å². The highest BCUT2D eigenvalue weighted by Crippen LogP contribution is 2.23. The molecule has 3 nitrogen and oxygen atoms in total. The summed E-state index contributed by atoms with van der Waals surface area (Å²) in [6.07, 6.45) is 5.76. The summed E-state index contributed by atoms with van der Waals surface area (Å²) in [4.78, 5) is 2.41. The summed E-state index contributed by atoms with van der Waals surface area (Å²) in [5.74, 6) is 0. The summed E-state index contributed by atoms with van der Waals surface area (Å²) in [7, 11) is 0. The van der Waals surface area contributed by atoms with Crippen molar-refractivity contribution in [1.82, 2.24) is 4.90 Å². The molecule has 0 spiro atoms. The zero-order valence-electron chi connectivity index (χ0n) is 8.61. The fraction of sp³-hybridized carbons (Fsp3) is 0.909. The van der Waals surface area contributed by atoms with E-state index >= 15 is 0 Å². The van der Waals surface area contributed by atoms with Crippen LogP contribution in [0.1, 0.15) is 32.1 Å². The molecular formula is C11H18N2O. The number of hydrogen-bond acceptors (Lipinski definition) is 3. The smallest absolute Gasteiger partial charge is 0.0980 e. The summed E-state index contributed by atoms with van der Waals surface area (Å²) in [5, 5.41) is 9.07. The number of likely N-dealkylation sites (tertiary alicyclic amines) is 1. The van der Waals surface area contributed by atoms with Gasteiger partial charge in [0.05, 0.1) is 12.1 Å². The first-order valence-corrected chi connectivity index (χ1v) is 5.65. The first kappa shape index (κ1) is 9.95. The maximum Gasteiger partial charge on any atom is 0.0980 e. The van der Waals surface area contributed by atoms with E-state index in [1.807, 2.05) is 0 Å². The fourth-order valence-electron chi connectivity index (χ4n) is 2.55. The largest absolute Gasteiger partial charge is 0.381 e. The number of piperidine rings is 1. The molecule has 0 aromatic heterocycles. The maximum absolute atomic E-state index is 9.07. The van der Waals surface area contributed by atoms with Crippen LogP contribution in [0.3, 0.4) is 0 Å². The van der Waals surface area contributed by atoms with Crippen molar-refractivity contribution in [1.29, 1.82) is 5.26 Å². The van der Waals surface area contributed by atoms with Crippen molar-refractivity contribution in [3.8, 4) is 6.07 Å². The molecule has 2 fully saturated rings. The highest BCUT2D eigenvalue weighted by molar-refractivity contribution is 4.96. The van der Waals surface area contributed by atoms with Crippen LogP contribution in [0.15, 0.2) is 0 Å². The number of nitrogens with zero attached hydrogens (tertiary/aromatic N) is 2. The molecule has 0 N–H and O–H groups in total. The van der Waals surface area contributed by atoms with Crippen molar-refractivity contribution in [3.63, 3.8) is 0 Å². The monoisotopic (exact) mass is 194 g/mol. The van der Waals surface area contributed by atoms with Crippen LogP contribution < -0.4 is 0 Å². The predicted octanol–water partition coefficient (Wildman–Crippen LogP) is 1.54. The normalized spacial score (nSPS) is 31.2. The second kappa shape index (κ2) is 4.77. The van der Waals surface area contributed by atoms with E-state index in [4.69, 9.17) is 10.00 Å².